The summed E-state index contributed by atoms with van der Waals surface area (Å²) in [7, 11) is 1.71. The number of rotatable bonds is 8. The minimum Gasteiger partial charge on any atom is -0.396 e. The van der Waals surface area contributed by atoms with Gasteiger partial charge in [0, 0.05) is 37.7 Å². The number of fused-ring (bicyclic) bond motifs is 1. The van der Waals surface area contributed by atoms with E-state index in [0.717, 1.165) is 12.8 Å². The predicted octanol–water partition coefficient (Wildman–Crippen LogP) is 1.46. The first-order valence-electron chi connectivity index (χ1n) is 10.5. The third kappa shape index (κ3) is 3.58. The Balaban J connectivity index is 1.45. The number of aromatic nitrogens is 4. The highest BCUT2D eigenvalue weighted by Crippen LogP contribution is 2.44. The van der Waals surface area contributed by atoms with E-state index >= 15 is 0 Å². The second kappa shape index (κ2) is 7.59. The van der Waals surface area contributed by atoms with Gasteiger partial charge in [-0.2, -0.15) is 9.61 Å². The van der Waals surface area contributed by atoms with Gasteiger partial charge in [-0.1, -0.05) is 0 Å². The number of nitrogens with zero attached hydrogens (tertiary/aromatic N) is 4. The van der Waals surface area contributed by atoms with Crippen LogP contribution in [0.3, 0.4) is 0 Å². The second-order valence-electron chi connectivity index (χ2n) is 8.49. The normalized spacial score (nSPS) is 20.7. The van der Waals surface area contributed by atoms with Crippen molar-refractivity contribution in [1.29, 1.82) is 0 Å². The number of aliphatic hydroxyl groups excluding tert-OH is 1. The lowest BCUT2D eigenvalue weighted by Crippen LogP contribution is -2.31. The molecule has 2 fully saturated rings. The number of nitrogens with one attached hydrogen (secondary N) is 3. The molecule has 2 aliphatic rings. The van der Waals surface area contributed by atoms with Gasteiger partial charge in [-0.25, -0.2) is 9.37 Å². The van der Waals surface area contributed by atoms with Crippen LogP contribution in [0.15, 0.2) is 35.4 Å². The molecule has 3 aromatic rings. The summed E-state index contributed by atoms with van der Waals surface area (Å²) in [4.78, 5) is 30.0. The molecule has 1 amide bonds. The quantitative estimate of drug-likeness (QED) is 0.417. The van der Waals surface area contributed by atoms with Crippen LogP contribution in [0, 0.1) is 5.41 Å². The summed E-state index contributed by atoms with van der Waals surface area (Å²) < 4.78 is 16.3. The number of hydrogen-bond acceptors (Lipinski definition) is 7. The monoisotopic (exact) mass is 441 g/mol. The average Bonchev–Trinajstić information content (AvgIpc) is 3.69. The Hall–Kier alpha value is -3.47. The van der Waals surface area contributed by atoms with Crippen LogP contribution in [0.25, 0.3) is 5.65 Å². The lowest BCUT2D eigenvalue weighted by molar-refractivity contribution is 0.0936. The van der Waals surface area contributed by atoms with Gasteiger partial charge in [0.1, 0.15) is 29.1 Å². The van der Waals surface area contributed by atoms with Crippen molar-refractivity contribution in [3.05, 3.63) is 46.5 Å². The van der Waals surface area contributed by atoms with Crippen molar-refractivity contribution in [3.63, 3.8) is 0 Å². The van der Waals surface area contributed by atoms with E-state index in [2.05, 4.69) is 26.0 Å². The van der Waals surface area contributed by atoms with Gasteiger partial charge in [-0.05, 0) is 25.0 Å². The molecular weight excluding hydrogens is 417 g/mol. The average molecular weight is 441 g/mol. The number of hydrogen-bond donors (Lipinski definition) is 4. The fourth-order valence-electron chi connectivity index (χ4n) is 3.74. The molecular formula is C21H24FN7O3. The van der Waals surface area contributed by atoms with E-state index in [9.17, 15) is 19.1 Å². The van der Waals surface area contributed by atoms with E-state index < -0.39 is 12.2 Å². The molecule has 0 aliphatic heterocycles. The first-order chi connectivity index (χ1) is 15.4. The van der Waals surface area contributed by atoms with E-state index in [0.29, 0.717) is 30.2 Å². The first kappa shape index (κ1) is 20.4. The van der Waals surface area contributed by atoms with Crippen LogP contribution in [0.5, 0.6) is 0 Å². The van der Waals surface area contributed by atoms with Gasteiger partial charge < -0.3 is 25.6 Å². The topological polar surface area (TPSA) is 126 Å². The summed E-state index contributed by atoms with van der Waals surface area (Å²) >= 11 is 0. The highest BCUT2D eigenvalue weighted by atomic mass is 19.1. The molecule has 2 aliphatic carbocycles. The summed E-state index contributed by atoms with van der Waals surface area (Å²) in [5, 5.41) is 22.6. The third-order valence-corrected chi connectivity index (χ3v) is 6.16. The molecule has 0 saturated heterocycles. The number of amides is 1. The van der Waals surface area contributed by atoms with Crippen LogP contribution in [0.2, 0.25) is 0 Å². The minimum absolute atomic E-state index is 0.0386. The van der Waals surface area contributed by atoms with Gasteiger partial charge in [0.15, 0.2) is 5.65 Å². The molecule has 2 saturated carbocycles. The SMILES string of the molecule is CNc1cc(Nc2cccn(C3C[C@@H]3F)c2=O)nc2c(C(=O)NCC3(CO)CC3)cnn12. The standard InChI is InChI=1S/C21H24FN7O3/c1-23-17-8-16(26-14-3-2-6-28(20(14)32)15-7-13(15)22)27-18-12(9-25-29(17)18)19(31)24-10-21(11-30)4-5-21/h2-3,6,8-9,13,15,23,30H,4-5,7,10-11H2,1H3,(H,24,31)(H,26,27)/t13-,15?/m0/s1. The van der Waals surface area contributed by atoms with Crippen molar-refractivity contribution >= 4 is 28.9 Å². The zero-order valence-corrected chi connectivity index (χ0v) is 17.5. The summed E-state index contributed by atoms with van der Waals surface area (Å²) in [5.74, 6) is 0.567. The van der Waals surface area contributed by atoms with Crippen molar-refractivity contribution in [2.24, 2.45) is 5.41 Å². The van der Waals surface area contributed by atoms with Crippen molar-refractivity contribution in [2.75, 3.05) is 30.8 Å². The zero-order valence-electron chi connectivity index (χ0n) is 17.5. The fraction of sp³-hybridized carbons (Fsp3) is 0.429. The van der Waals surface area contributed by atoms with Crippen LogP contribution < -0.4 is 21.5 Å². The molecule has 168 valence electrons. The molecule has 3 heterocycles. The first-order valence-corrected chi connectivity index (χ1v) is 10.5. The number of halogens is 1. The van der Waals surface area contributed by atoms with E-state index in [1.807, 2.05) is 0 Å². The molecule has 0 aromatic carbocycles. The van der Waals surface area contributed by atoms with E-state index in [1.165, 1.54) is 15.3 Å². The molecule has 32 heavy (non-hydrogen) atoms. The lowest BCUT2D eigenvalue weighted by atomic mass is 10.1. The minimum atomic E-state index is -0.998. The molecule has 0 bridgehead atoms. The smallest absolute Gasteiger partial charge is 0.274 e. The molecule has 1 unspecified atom stereocenters. The van der Waals surface area contributed by atoms with Crippen molar-refractivity contribution < 1.29 is 14.3 Å². The van der Waals surface area contributed by atoms with E-state index in [1.54, 1.807) is 31.4 Å². The van der Waals surface area contributed by atoms with Crippen LogP contribution in [-0.2, 0) is 0 Å². The highest BCUT2D eigenvalue weighted by Gasteiger charge is 2.42. The van der Waals surface area contributed by atoms with Crippen LogP contribution in [0.1, 0.15) is 35.7 Å². The summed E-state index contributed by atoms with van der Waals surface area (Å²) in [5.41, 5.74) is 0.295. The maximum absolute atomic E-state index is 13.5. The number of alkyl halides is 1. The largest absolute Gasteiger partial charge is 0.396 e. The number of carbonyl (C=O) groups is 1. The van der Waals surface area contributed by atoms with Crippen molar-refractivity contribution in [3.8, 4) is 0 Å². The van der Waals surface area contributed by atoms with Gasteiger partial charge in [0.25, 0.3) is 11.5 Å². The van der Waals surface area contributed by atoms with Gasteiger partial charge in [-0.15, -0.1) is 0 Å². The lowest BCUT2D eigenvalue weighted by Gasteiger charge is -2.13. The van der Waals surface area contributed by atoms with Gasteiger partial charge in [0.05, 0.1) is 18.8 Å². The van der Waals surface area contributed by atoms with Crippen LogP contribution in [0.4, 0.5) is 21.7 Å². The predicted molar refractivity (Wildman–Crippen MR) is 116 cm³/mol. The van der Waals surface area contributed by atoms with Gasteiger partial charge in [-0.3, -0.25) is 9.59 Å². The molecule has 10 nitrogen and oxygen atoms in total. The third-order valence-electron chi connectivity index (χ3n) is 6.16. The summed E-state index contributed by atoms with van der Waals surface area (Å²) in [6.45, 7) is 0.424. The number of pyridine rings is 1. The Bertz CT molecular complexity index is 1250. The Kier molecular flexibility index (Phi) is 4.85. The molecule has 0 spiro atoms. The Morgan fingerprint density at radius 3 is 2.84 bits per heavy atom. The molecule has 3 aromatic heterocycles. The summed E-state index contributed by atoms with van der Waals surface area (Å²) in [6, 6.07) is 4.52. The Morgan fingerprint density at radius 1 is 1.41 bits per heavy atom. The molecule has 2 atom stereocenters. The number of carbonyl (C=O) groups excluding carboxylic acids is 1. The molecule has 4 N–H and O–H groups in total. The number of aliphatic hydroxyl groups is 1. The van der Waals surface area contributed by atoms with Gasteiger partial charge >= 0.3 is 0 Å². The molecule has 11 heteroatoms. The molecule has 0 radical (unpaired) electrons. The van der Waals surface area contributed by atoms with Crippen LogP contribution in [-0.4, -0.2) is 56.5 Å². The highest BCUT2D eigenvalue weighted by molar-refractivity contribution is 6.00. The maximum atomic E-state index is 13.5. The van der Waals surface area contributed by atoms with Crippen molar-refractivity contribution in [2.45, 2.75) is 31.5 Å². The summed E-state index contributed by atoms with van der Waals surface area (Å²) in [6.07, 6.45) is 4.11. The second-order valence-corrected chi connectivity index (χ2v) is 8.49. The van der Waals surface area contributed by atoms with E-state index in [4.69, 9.17) is 0 Å². The van der Waals surface area contributed by atoms with Gasteiger partial charge in [0.2, 0.25) is 0 Å². The number of anilines is 3. The zero-order chi connectivity index (χ0) is 22.5. The molecule has 5 rings (SSSR count). The fourth-order valence-corrected chi connectivity index (χ4v) is 3.74. The Labute approximate surface area is 182 Å². The maximum Gasteiger partial charge on any atom is 0.274 e. The Morgan fingerprint density at radius 2 is 2.19 bits per heavy atom. The van der Waals surface area contributed by atoms with Crippen molar-refractivity contribution in [1.82, 2.24) is 24.5 Å². The van der Waals surface area contributed by atoms with Crippen LogP contribution >= 0.6 is 0 Å². The van der Waals surface area contributed by atoms with E-state index in [-0.39, 0.29) is 34.7 Å².